The number of nitrogens with zero attached hydrogens (tertiary/aromatic N) is 2. The van der Waals surface area contributed by atoms with E-state index in [2.05, 4.69) is 10.4 Å². The van der Waals surface area contributed by atoms with Crippen molar-refractivity contribution in [2.45, 2.75) is 32.2 Å². The fraction of sp³-hybridized carbons (Fsp3) is 0.333. The maximum atomic E-state index is 12.3. The summed E-state index contributed by atoms with van der Waals surface area (Å²) >= 11 is 6.02. The average molecular weight is 307 g/mol. The standard InChI is InChI=1S/C15H19ClN4O/c1-3-7-15(2,17)14(21)19-12-10-11(16)5-6-13(12)20-9-4-8-18-20/h4-6,8-10H,3,7,17H2,1-2H3,(H,19,21). The molecule has 1 aromatic carbocycles. The molecule has 0 fully saturated rings. The Morgan fingerprint density at radius 1 is 1.52 bits per heavy atom. The summed E-state index contributed by atoms with van der Waals surface area (Å²) in [6.45, 7) is 3.72. The number of aromatic nitrogens is 2. The number of hydrogen-bond donors (Lipinski definition) is 2. The van der Waals surface area contributed by atoms with Gasteiger partial charge in [0.15, 0.2) is 0 Å². The second-order valence-electron chi connectivity index (χ2n) is 5.23. The van der Waals surface area contributed by atoms with Gasteiger partial charge in [0.05, 0.1) is 16.9 Å². The number of rotatable bonds is 5. The van der Waals surface area contributed by atoms with Crippen molar-refractivity contribution in [2.75, 3.05) is 5.32 Å². The fourth-order valence-corrected chi connectivity index (χ4v) is 2.29. The Hall–Kier alpha value is -1.85. The molecule has 1 aromatic heterocycles. The minimum atomic E-state index is -0.918. The third kappa shape index (κ3) is 3.62. The van der Waals surface area contributed by atoms with E-state index in [9.17, 15) is 4.79 Å². The quantitative estimate of drug-likeness (QED) is 0.892. The Labute approximate surface area is 129 Å². The molecule has 0 aliphatic carbocycles. The summed E-state index contributed by atoms with van der Waals surface area (Å²) in [7, 11) is 0. The summed E-state index contributed by atoms with van der Waals surface area (Å²) in [5.41, 5.74) is 6.47. The topological polar surface area (TPSA) is 72.9 Å². The number of carbonyl (C=O) groups is 1. The Balaban J connectivity index is 2.31. The summed E-state index contributed by atoms with van der Waals surface area (Å²) in [6.07, 6.45) is 4.91. The molecule has 21 heavy (non-hydrogen) atoms. The van der Waals surface area contributed by atoms with Crippen LogP contribution in [0.4, 0.5) is 5.69 Å². The fourth-order valence-electron chi connectivity index (χ4n) is 2.12. The van der Waals surface area contributed by atoms with E-state index < -0.39 is 5.54 Å². The Morgan fingerprint density at radius 3 is 2.90 bits per heavy atom. The molecule has 0 saturated heterocycles. The first-order chi connectivity index (χ1) is 9.94. The van der Waals surface area contributed by atoms with Gasteiger partial charge in [0.25, 0.3) is 0 Å². The van der Waals surface area contributed by atoms with Crippen molar-refractivity contribution in [3.63, 3.8) is 0 Å². The van der Waals surface area contributed by atoms with Gasteiger partial charge >= 0.3 is 0 Å². The predicted octanol–water partition coefficient (Wildman–Crippen LogP) is 2.98. The average Bonchev–Trinajstić information content (AvgIpc) is 2.92. The summed E-state index contributed by atoms with van der Waals surface area (Å²) in [5, 5.41) is 7.57. The number of halogens is 1. The van der Waals surface area contributed by atoms with E-state index in [1.54, 1.807) is 42.2 Å². The maximum Gasteiger partial charge on any atom is 0.244 e. The highest BCUT2D eigenvalue weighted by Crippen LogP contribution is 2.25. The molecule has 1 amide bonds. The van der Waals surface area contributed by atoms with E-state index in [0.717, 1.165) is 12.1 Å². The molecular formula is C15H19ClN4O. The van der Waals surface area contributed by atoms with Crippen LogP contribution in [0.3, 0.4) is 0 Å². The Kier molecular flexibility index (Phi) is 4.65. The predicted molar refractivity (Wildman–Crippen MR) is 84.7 cm³/mol. The molecule has 0 radical (unpaired) electrons. The van der Waals surface area contributed by atoms with Crippen LogP contribution in [-0.2, 0) is 4.79 Å². The molecule has 0 aliphatic heterocycles. The lowest BCUT2D eigenvalue weighted by molar-refractivity contribution is -0.120. The number of hydrogen-bond acceptors (Lipinski definition) is 3. The Morgan fingerprint density at radius 2 is 2.29 bits per heavy atom. The third-order valence-corrected chi connectivity index (χ3v) is 3.48. The summed E-state index contributed by atoms with van der Waals surface area (Å²) < 4.78 is 1.67. The van der Waals surface area contributed by atoms with E-state index in [-0.39, 0.29) is 5.91 Å². The van der Waals surface area contributed by atoms with Crippen molar-refractivity contribution < 1.29 is 4.79 Å². The van der Waals surface area contributed by atoms with Gasteiger partial charge in [-0.2, -0.15) is 5.10 Å². The lowest BCUT2D eigenvalue weighted by atomic mass is 9.96. The second kappa shape index (κ2) is 6.28. The van der Waals surface area contributed by atoms with E-state index in [1.807, 2.05) is 13.0 Å². The van der Waals surface area contributed by atoms with Crippen molar-refractivity contribution in [2.24, 2.45) is 5.73 Å². The number of amides is 1. The molecule has 2 aromatic rings. The lowest BCUT2D eigenvalue weighted by Crippen LogP contribution is -2.48. The first-order valence-electron chi connectivity index (χ1n) is 6.84. The van der Waals surface area contributed by atoms with E-state index >= 15 is 0 Å². The van der Waals surface area contributed by atoms with Gasteiger partial charge < -0.3 is 11.1 Å². The largest absolute Gasteiger partial charge is 0.323 e. The third-order valence-electron chi connectivity index (χ3n) is 3.25. The first-order valence-corrected chi connectivity index (χ1v) is 7.22. The molecule has 2 rings (SSSR count). The van der Waals surface area contributed by atoms with Gasteiger partial charge in [-0.3, -0.25) is 4.79 Å². The molecule has 1 atom stereocenters. The van der Waals surface area contributed by atoms with Crippen LogP contribution in [0.1, 0.15) is 26.7 Å². The molecule has 5 nitrogen and oxygen atoms in total. The maximum absolute atomic E-state index is 12.3. The zero-order chi connectivity index (χ0) is 15.5. The number of carbonyl (C=O) groups excluding carboxylic acids is 1. The number of nitrogens with one attached hydrogen (secondary N) is 1. The van der Waals surface area contributed by atoms with Crippen LogP contribution in [0.25, 0.3) is 5.69 Å². The van der Waals surface area contributed by atoms with Crippen LogP contribution < -0.4 is 11.1 Å². The molecule has 0 spiro atoms. The van der Waals surface area contributed by atoms with Gasteiger partial charge in [-0.25, -0.2) is 4.68 Å². The zero-order valence-electron chi connectivity index (χ0n) is 12.1. The van der Waals surface area contributed by atoms with E-state index in [0.29, 0.717) is 17.1 Å². The first kappa shape index (κ1) is 15.5. The molecule has 0 bridgehead atoms. The van der Waals surface area contributed by atoms with Gasteiger partial charge in [-0.1, -0.05) is 24.9 Å². The van der Waals surface area contributed by atoms with E-state index in [4.69, 9.17) is 17.3 Å². The second-order valence-corrected chi connectivity index (χ2v) is 5.67. The molecule has 0 saturated carbocycles. The number of nitrogens with two attached hydrogens (primary N) is 1. The highest BCUT2D eigenvalue weighted by molar-refractivity contribution is 6.31. The minimum absolute atomic E-state index is 0.236. The van der Waals surface area contributed by atoms with Crippen molar-refractivity contribution in [3.05, 3.63) is 41.7 Å². The van der Waals surface area contributed by atoms with Gasteiger partial charge in [-0.15, -0.1) is 0 Å². The molecular weight excluding hydrogens is 288 g/mol. The Bertz CT molecular complexity index is 623. The molecule has 112 valence electrons. The molecule has 0 aliphatic rings. The highest BCUT2D eigenvalue weighted by atomic mass is 35.5. The van der Waals surface area contributed by atoms with Gasteiger partial charge in [0, 0.05) is 17.4 Å². The van der Waals surface area contributed by atoms with Crippen LogP contribution in [0.15, 0.2) is 36.7 Å². The van der Waals surface area contributed by atoms with Gasteiger partial charge in [-0.05, 0) is 37.6 Å². The number of anilines is 1. The van der Waals surface area contributed by atoms with Gasteiger partial charge in [0.2, 0.25) is 5.91 Å². The highest BCUT2D eigenvalue weighted by Gasteiger charge is 2.27. The van der Waals surface area contributed by atoms with Crippen molar-refractivity contribution in [1.29, 1.82) is 0 Å². The van der Waals surface area contributed by atoms with Crippen LogP contribution in [0, 0.1) is 0 Å². The number of benzene rings is 1. The van der Waals surface area contributed by atoms with Crippen molar-refractivity contribution in [1.82, 2.24) is 9.78 Å². The molecule has 1 heterocycles. The van der Waals surface area contributed by atoms with Gasteiger partial charge in [0.1, 0.15) is 0 Å². The summed E-state index contributed by atoms with van der Waals surface area (Å²) in [4.78, 5) is 12.3. The van der Waals surface area contributed by atoms with Crippen LogP contribution >= 0.6 is 11.6 Å². The smallest absolute Gasteiger partial charge is 0.244 e. The molecule has 6 heteroatoms. The zero-order valence-corrected chi connectivity index (χ0v) is 12.9. The SMILES string of the molecule is CCCC(C)(N)C(=O)Nc1cc(Cl)ccc1-n1cccn1. The van der Waals surface area contributed by atoms with Crippen molar-refractivity contribution >= 4 is 23.2 Å². The van der Waals surface area contributed by atoms with E-state index in [1.165, 1.54) is 0 Å². The normalized spacial score (nSPS) is 13.7. The van der Waals surface area contributed by atoms with Crippen LogP contribution in [-0.4, -0.2) is 21.2 Å². The summed E-state index contributed by atoms with van der Waals surface area (Å²) in [5.74, 6) is -0.236. The van der Waals surface area contributed by atoms with Crippen LogP contribution in [0.5, 0.6) is 0 Å². The molecule has 1 unspecified atom stereocenters. The monoisotopic (exact) mass is 306 g/mol. The van der Waals surface area contributed by atoms with Crippen molar-refractivity contribution in [3.8, 4) is 5.69 Å². The molecule has 3 N–H and O–H groups in total. The minimum Gasteiger partial charge on any atom is -0.323 e. The summed E-state index contributed by atoms with van der Waals surface area (Å²) in [6, 6.07) is 7.06. The lowest BCUT2D eigenvalue weighted by Gasteiger charge is -2.23. The van der Waals surface area contributed by atoms with Crippen LogP contribution in [0.2, 0.25) is 5.02 Å².